The summed E-state index contributed by atoms with van der Waals surface area (Å²) < 4.78 is 38.0. The Morgan fingerprint density at radius 1 is 1.27 bits per heavy atom. The van der Waals surface area contributed by atoms with Crippen molar-refractivity contribution in [3.05, 3.63) is 47.5 Å². The Bertz CT molecular complexity index is 1140. The Balaban J connectivity index is 1.58. The first-order valence-electron chi connectivity index (χ1n) is 9.15. The van der Waals surface area contributed by atoms with E-state index in [9.17, 15) is 13.2 Å². The zero-order chi connectivity index (χ0) is 21.1. The maximum absolute atomic E-state index is 13.1. The third-order valence-electron chi connectivity index (χ3n) is 4.61. The van der Waals surface area contributed by atoms with Crippen molar-refractivity contribution in [3.63, 3.8) is 0 Å². The van der Waals surface area contributed by atoms with Gasteiger partial charge in [0.05, 0.1) is 30.9 Å². The number of rotatable bonds is 6. The van der Waals surface area contributed by atoms with E-state index in [0.717, 1.165) is 10.6 Å². The van der Waals surface area contributed by atoms with Crippen LogP contribution in [0, 0.1) is 0 Å². The maximum atomic E-state index is 13.1. The smallest absolute Gasteiger partial charge is 0.276 e. The number of amides is 1. The third-order valence-corrected chi connectivity index (χ3v) is 7.43. The monoisotopic (exact) mass is 448 g/mol. The highest BCUT2D eigenvalue weighted by Crippen LogP contribution is 2.30. The second kappa shape index (κ2) is 8.56. The Kier molecular flexibility index (Phi) is 5.86. The van der Waals surface area contributed by atoms with E-state index < -0.39 is 15.9 Å². The number of anilines is 1. The van der Waals surface area contributed by atoms with E-state index in [4.69, 9.17) is 9.47 Å². The van der Waals surface area contributed by atoms with Gasteiger partial charge in [-0.1, -0.05) is 6.07 Å². The Labute approximate surface area is 177 Å². The van der Waals surface area contributed by atoms with Gasteiger partial charge in [0.15, 0.2) is 5.69 Å². The molecule has 1 saturated heterocycles. The van der Waals surface area contributed by atoms with Crippen LogP contribution in [0.4, 0.5) is 5.69 Å². The highest BCUT2D eigenvalue weighted by atomic mass is 32.2. The van der Waals surface area contributed by atoms with Gasteiger partial charge < -0.3 is 14.8 Å². The zero-order valence-electron chi connectivity index (χ0n) is 16.1. The molecule has 1 aliphatic heterocycles. The number of benzene rings is 1. The predicted octanol–water partition coefficient (Wildman–Crippen LogP) is 2.42. The summed E-state index contributed by atoms with van der Waals surface area (Å²) in [5.74, 6) is -0.242. The summed E-state index contributed by atoms with van der Waals surface area (Å²) >= 11 is 1.53. The molecule has 1 aromatic carbocycles. The lowest BCUT2D eigenvalue weighted by atomic mass is 10.2. The minimum atomic E-state index is -3.80. The van der Waals surface area contributed by atoms with Crippen LogP contribution >= 0.6 is 11.3 Å². The summed E-state index contributed by atoms with van der Waals surface area (Å²) in [6.07, 6.45) is 0. The van der Waals surface area contributed by atoms with Crippen LogP contribution in [0.25, 0.3) is 10.6 Å². The molecule has 0 spiro atoms. The number of morpholine rings is 1. The van der Waals surface area contributed by atoms with Crippen molar-refractivity contribution in [1.82, 2.24) is 14.5 Å². The van der Waals surface area contributed by atoms with Crippen LogP contribution < -0.4 is 10.1 Å². The van der Waals surface area contributed by atoms with Gasteiger partial charge in [-0.2, -0.15) is 9.40 Å². The van der Waals surface area contributed by atoms with Gasteiger partial charge in [0, 0.05) is 18.8 Å². The third kappa shape index (κ3) is 4.10. The van der Waals surface area contributed by atoms with Gasteiger partial charge in [0.25, 0.3) is 5.91 Å². The van der Waals surface area contributed by atoms with Crippen LogP contribution in [0.1, 0.15) is 10.5 Å². The number of hydrogen-bond acceptors (Lipinski definition) is 7. The largest absolute Gasteiger partial charge is 0.495 e. The van der Waals surface area contributed by atoms with Crippen LogP contribution in [0.3, 0.4) is 0 Å². The number of ether oxygens (including phenoxy) is 2. The second-order valence-electron chi connectivity index (χ2n) is 6.48. The lowest BCUT2D eigenvalue weighted by Gasteiger charge is -2.26. The average Bonchev–Trinajstić information content (AvgIpc) is 3.46. The van der Waals surface area contributed by atoms with Gasteiger partial charge in [-0.25, -0.2) is 8.42 Å². The molecule has 4 rings (SSSR count). The first-order valence-corrected chi connectivity index (χ1v) is 11.5. The number of aromatic nitrogens is 2. The van der Waals surface area contributed by atoms with E-state index in [-0.39, 0.29) is 29.4 Å². The van der Waals surface area contributed by atoms with E-state index >= 15 is 0 Å². The van der Waals surface area contributed by atoms with E-state index in [1.54, 1.807) is 12.1 Å². The van der Waals surface area contributed by atoms with Gasteiger partial charge in [0.2, 0.25) is 10.0 Å². The molecule has 2 N–H and O–H groups in total. The first kappa shape index (κ1) is 20.5. The lowest BCUT2D eigenvalue weighted by molar-refractivity contribution is 0.0729. The first-order chi connectivity index (χ1) is 14.5. The highest BCUT2D eigenvalue weighted by molar-refractivity contribution is 7.89. The standard InChI is InChI=1S/C19H20N4O5S2/c1-27-16-5-4-13(11-18(16)30(25,26)23-6-8-28-9-7-23)20-19(24)15-12-14(21-22-15)17-3-2-10-29-17/h2-5,10-12H,6-9H2,1H3,(H,20,24)(H,21,22). The molecule has 1 fully saturated rings. The molecule has 1 amide bonds. The van der Waals surface area contributed by atoms with Crippen molar-refractivity contribution in [3.8, 4) is 16.3 Å². The van der Waals surface area contributed by atoms with E-state index in [0.29, 0.717) is 18.9 Å². The molecule has 30 heavy (non-hydrogen) atoms. The normalized spacial score (nSPS) is 15.1. The zero-order valence-corrected chi connectivity index (χ0v) is 17.8. The van der Waals surface area contributed by atoms with Crippen molar-refractivity contribution >= 4 is 33.0 Å². The molecule has 1 aliphatic rings. The SMILES string of the molecule is COc1ccc(NC(=O)c2cc(-c3cccs3)[nH]n2)cc1S(=O)(=O)N1CCOCC1. The van der Waals surface area contributed by atoms with Crippen molar-refractivity contribution in [1.29, 1.82) is 0 Å². The number of thiophene rings is 1. The molecule has 11 heteroatoms. The van der Waals surface area contributed by atoms with Gasteiger partial charge in [-0.05, 0) is 35.7 Å². The maximum Gasteiger partial charge on any atom is 0.276 e. The van der Waals surface area contributed by atoms with Crippen LogP contribution in [0.15, 0.2) is 46.7 Å². The molecule has 3 aromatic rings. The van der Waals surface area contributed by atoms with Crippen molar-refractivity contribution in [2.45, 2.75) is 4.90 Å². The summed E-state index contributed by atoms with van der Waals surface area (Å²) in [7, 11) is -2.39. The predicted molar refractivity (Wildman–Crippen MR) is 112 cm³/mol. The summed E-state index contributed by atoms with van der Waals surface area (Å²) in [6.45, 7) is 1.20. The van der Waals surface area contributed by atoms with Gasteiger partial charge in [-0.15, -0.1) is 11.3 Å². The molecular weight excluding hydrogens is 428 g/mol. The Morgan fingerprint density at radius 2 is 2.07 bits per heavy atom. The van der Waals surface area contributed by atoms with Gasteiger partial charge >= 0.3 is 0 Å². The van der Waals surface area contributed by atoms with Crippen molar-refractivity contribution < 1.29 is 22.7 Å². The fraction of sp³-hybridized carbons (Fsp3) is 0.263. The number of aromatic amines is 1. The molecule has 0 bridgehead atoms. The highest BCUT2D eigenvalue weighted by Gasteiger charge is 2.29. The van der Waals surface area contributed by atoms with E-state index in [1.807, 2.05) is 17.5 Å². The minimum absolute atomic E-state index is 0.00833. The summed E-state index contributed by atoms with van der Waals surface area (Å²) in [6, 6.07) is 9.98. The number of nitrogens with one attached hydrogen (secondary N) is 2. The molecule has 9 nitrogen and oxygen atoms in total. The van der Waals surface area contributed by atoms with Crippen LogP contribution in [-0.4, -0.2) is 62.2 Å². The average molecular weight is 449 g/mol. The number of nitrogens with zero attached hydrogens (tertiary/aromatic N) is 2. The van der Waals surface area contributed by atoms with Crippen molar-refractivity contribution in [2.24, 2.45) is 0 Å². The molecule has 158 valence electrons. The van der Waals surface area contributed by atoms with E-state index in [1.165, 1.54) is 34.9 Å². The number of H-pyrrole nitrogens is 1. The molecule has 0 radical (unpaired) electrons. The fourth-order valence-corrected chi connectivity index (χ4v) is 5.36. The van der Waals surface area contributed by atoms with Gasteiger partial charge in [-0.3, -0.25) is 9.89 Å². The molecular formula is C19H20N4O5S2. The second-order valence-corrected chi connectivity index (χ2v) is 9.33. The number of sulfonamides is 1. The van der Waals surface area contributed by atoms with Crippen molar-refractivity contribution in [2.75, 3.05) is 38.7 Å². The molecule has 0 unspecified atom stereocenters. The lowest BCUT2D eigenvalue weighted by Crippen LogP contribution is -2.40. The molecule has 0 saturated carbocycles. The van der Waals surface area contributed by atoms with E-state index in [2.05, 4.69) is 15.5 Å². The Hall–Kier alpha value is -2.73. The molecule has 2 aromatic heterocycles. The quantitative estimate of drug-likeness (QED) is 0.599. The fourth-order valence-electron chi connectivity index (χ4n) is 3.07. The topological polar surface area (TPSA) is 114 Å². The van der Waals surface area contributed by atoms with Crippen LogP contribution in [0.2, 0.25) is 0 Å². The number of methoxy groups -OCH3 is 1. The molecule has 0 atom stereocenters. The number of carbonyl (C=O) groups is 1. The van der Waals surface area contributed by atoms with Crippen LogP contribution in [-0.2, 0) is 14.8 Å². The molecule has 0 aliphatic carbocycles. The summed E-state index contributed by atoms with van der Waals surface area (Å²) in [4.78, 5) is 13.6. The number of hydrogen-bond donors (Lipinski definition) is 2. The Morgan fingerprint density at radius 3 is 2.77 bits per heavy atom. The number of carbonyl (C=O) groups excluding carboxylic acids is 1. The van der Waals surface area contributed by atoms with Gasteiger partial charge in [0.1, 0.15) is 10.6 Å². The summed E-state index contributed by atoms with van der Waals surface area (Å²) in [5, 5.41) is 11.5. The van der Waals surface area contributed by atoms with Crippen LogP contribution in [0.5, 0.6) is 5.75 Å². The minimum Gasteiger partial charge on any atom is -0.495 e. The summed E-state index contributed by atoms with van der Waals surface area (Å²) in [5.41, 5.74) is 1.26. The molecule has 3 heterocycles.